The number of allylic oxidation sites excluding steroid dienone is 8. The van der Waals surface area contributed by atoms with Crippen LogP contribution >= 0.6 is 0 Å². The van der Waals surface area contributed by atoms with Crippen molar-refractivity contribution in [3.05, 3.63) is 48.6 Å². The van der Waals surface area contributed by atoms with E-state index < -0.39 is 5.79 Å². The summed E-state index contributed by atoms with van der Waals surface area (Å²) >= 11 is 0. The fourth-order valence-electron chi connectivity index (χ4n) is 10.2. The summed E-state index contributed by atoms with van der Waals surface area (Å²) in [6.07, 6.45) is 61.9. The second kappa shape index (κ2) is 33.4. The molecule has 58 heavy (non-hydrogen) atoms. The van der Waals surface area contributed by atoms with Gasteiger partial charge in [0.2, 0.25) is 0 Å². The van der Waals surface area contributed by atoms with Crippen LogP contribution in [0.3, 0.4) is 0 Å². The molecule has 2 aliphatic carbocycles. The van der Waals surface area contributed by atoms with Gasteiger partial charge in [-0.25, -0.2) is 0 Å². The Morgan fingerprint density at radius 1 is 0.500 bits per heavy atom. The maximum absolute atomic E-state index is 9.55. The van der Waals surface area contributed by atoms with Crippen molar-refractivity contribution in [2.45, 2.75) is 256 Å². The van der Waals surface area contributed by atoms with E-state index in [2.05, 4.69) is 67.8 Å². The standard InChI is InChI=1S/C53H95NO4/c1-3-5-7-9-11-13-15-17-19-21-23-25-27-29-31-33-37-52(38-34-32-30-28-26-24-22-20-18-16-14-12-10-8-6-4-2)39-41-53(42-40-52)57-50-46-48(36-35-44-55)49(54-43-45-56)47-51(50)58-53/h11-14,17-20,48-51,54-56H,3-10,15-16,21-47H2,1-2H3/b13-11-,14-12-,19-17-,20-18-/t48-,49+,50+,51-/m0/s1. The zero-order valence-corrected chi connectivity index (χ0v) is 38.3. The number of hydrogen-bond acceptors (Lipinski definition) is 5. The van der Waals surface area contributed by atoms with Crippen molar-refractivity contribution in [2.75, 3.05) is 19.8 Å². The number of fused-ring (bicyclic) bond motifs is 1. The molecule has 0 bridgehead atoms. The third-order valence-electron chi connectivity index (χ3n) is 13.9. The van der Waals surface area contributed by atoms with E-state index in [1.54, 1.807) is 0 Å². The molecular weight excluding hydrogens is 715 g/mol. The van der Waals surface area contributed by atoms with Gasteiger partial charge >= 0.3 is 0 Å². The number of aliphatic hydroxyl groups excluding tert-OH is 2. The van der Waals surface area contributed by atoms with Crippen molar-refractivity contribution in [2.24, 2.45) is 11.3 Å². The lowest BCUT2D eigenvalue weighted by Gasteiger charge is -2.44. The van der Waals surface area contributed by atoms with E-state index in [4.69, 9.17) is 9.47 Å². The second-order valence-corrected chi connectivity index (χ2v) is 18.8. The van der Waals surface area contributed by atoms with E-state index in [-0.39, 0.29) is 25.4 Å². The highest BCUT2D eigenvalue weighted by molar-refractivity contribution is 5.00. The Labute approximate surface area is 359 Å². The van der Waals surface area contributed by atoms with Crippen molar-refractivity contribution in [1.82, 2.24) is 5.32 Å². The first-order chi connectivity index (χ1) is 28.6. The van der Waals surface area contributed by atoms with Crippen LogP contribution in [0.1, 0.15) is 232 Å². The lowest BCUT2D eigenvalue weighted by Crippen LogP contribution is -2.48. The van der Waals surface area contributed by atoms with E-state index in [1.807, 2.05) is 0 Å². The van der Waals surface area contributed by atoms with E-state index in [0.717, 1.165) is 51.4 Å². The van der Waals surface area contributed by atoms with Gasteiger partial charge in [0.25, 0.3) is 0 Å². The van der Waals surface area contributed by atoms with Crippen molar-refractivity contribution in [3.63, 3.8) is 0 Å². The van der Waals surface area contributed by atoms with Crippen LogP contribution in [0.5, 0.6) is 0 Å². The van der Waals surface area contributed by atoms with E-state index in [1.165, 1.54) is 167 Å². The number of hydrogen-bond donors (Lipinski definition) is 3. The Hall–Kier alpha value is -1.24. The maximum atomic E-state index is 9.55. The Morgan fingerprint density at radius 2 is 0.948 bits per heavy atom. The number of ether oxygens (including phenoxy) is 2. The zero-order chi connectivity index (χ0) is 41.3. The molecular formula is C53H95NO4. The summed E-state index contributed by atoms with van der Waals surface area (Å²) in [6, 6.07) is 0.328. The minimum Gasteiger partial charge on any atom is -0.396 e. The first-order valence-electron chi connectivity index (χ1n) is 25.5. The van der Waals surface area contributed by atoms with Gasteiger partial charge in [0.15, 0.2) is 5.79 Å². The highest BCUT2D eigenvalue weighted by Crippen LogP contribution is 2.53. The molecule has 3 N–H and O–H groups in total. The third-order valence-corrected chi connectivity index (χ3v) is 13.9. The van der Waals surface area contributed by atoms with Crippen LogP contribution in [0.4, 0.5) is 0 Å². The van der Waals surface area contributed by atoms with Crippen LogP contribution in [-0.2, 0) is 9.47 Å². The second-order valence-electron chi connectivity index (χ2n) is 18.8. The summed E-state index contributed by atoms with van der Waals surface area (Å²) in [6.45, 7) is 5.56. The summed E-state index contributed by atoms with van der Waals surface area (Å²) in [7, 11) is 0. The number of nitrogens with one attached hydrogen (secondary N) is 1. The lowest BCUT2D eigenvalue weighted by molar-refractivity contribution is -0.208. The van der Waals surface area contributed by atoms with Gasteiger partial charge in [0.1, 0.15) is 0 Å². The number of rotatable bonds is 36. The first-order valence-corrected chi connectivity index (χ1v) is 25.5. The summed E-state index contributed by atoms with van der Waals surface area (Å²) in [5.41, 5.74) is 0.449. The van der Waals surface area contributed by atoms with Gasteiger partial charge in [-0.15, -0.1) is 0 Å². The number of unbranched alkanes of at least 4 members (excludes halogenated alkanes) is 18. The Bertz CT molecular complexity index is 998. The molecule has 5 heteroatoms. The van der Waals surface area contributed by atoms with Crippen molar-refractivity contribution in [3.8, 4) is 0 Å². The Morgan fingerprint density at radius 3 is 1.41 bits per heavy atom. The molecule has 5 nitrogen and oxygen atoms in total. The Kier molecular flexibility index (Phi) is 29.4. The Balaban J connectivity index is 1.38. The monoisotopic (exact) mass is 810 g/mol. The van der Waals surface area contributed by atoms with Crippen molar-refractivity contribution in [1.29, 1.82) is 0 Å². The normalized spacial score (nSPS) is 23.1. The van der Waals surface area contributed by atoms with E-state index in [9.17, 15) is 10.2 Å². The zero-order valence-electron chi connectivity index (χ0n) is 38.3. The van der Waals surface area contributed by atoms with E-state index >= 15 is 0 Å². The third kappa shape index (κ3) is 22.0. The molecule has 4 atom stereocenters. The molecule has 1 saturated heterocycles. The molecule has 336 valence electrons. The highest BCUT2D eigenvalue weighted by Gasteiger charge is 2.54. The molecule has 2 saturated carbocycles. The molecule has 0 unspecified atom stereocenters. The van der Waals surface area contributed by atoms with Gasteiger partial charge in [0, 0.05) is 32.0 Å². The maximum Gasteiger partial charge on any atom is 0.169 e. The predicted octanol–water partition coefficient (Wildman–Crippen LogP) is 14.6. The summed E-state index contributed by atoms with van der Waals surface area (Å²) in [5.74, 6) is 0.0688. The molecule has 1 heterocycles. The van der Waals surface area contributed by atoms with Gasteiger partial charge in [0.05, 0.1) is 18.8 Å². The summed E-state index contributed by atoms with van der Waals surface area (Å²) < 4.78 is 13.9. The number of aliphatic hydroxyl groups is 2. The average molecular weight is 810 g/mol. The molecule has 0 amide bonds. The molecule has 0 aromatic rings. The molecule has 1 aliphatic heterocycles. The lowest BCUT2D eigenvalue weighted by atomic mass is 9.66. The van der Waals surface area contributed by atoms with Crippen LogP contribution in [-0.4, -0.2) is 54.0 Å². The predicted molar refractivity (Wildman–Crippen MR) is 249 cm³/mol. The topological polar surface area (TPSA) is 71.0 Å². The smallest absolute Gasteiger partial charge is 0.169 e. The molecule has 3 aliphatic rings. The molecule has 3 fully saturated rings. The molecule has 0 aromatic carbocycles. The molecule has 3 rings (SSSR count). The summed E-state index contributed by atoms with van der Waals surface area (Å²) in [5, 5.41) is 22.6. The van der Waals surface area contributed by atoms with Crippen LogP contribution in [0, 0.1) is 11.3 Å². The van der Waals surface area contributed by atoms with Gasteiger partial charge in [-0.2, -0.15) is 0 Å². The summed E-state index contributed by atoms with van der Waals surface area (Å²) in [4.78, 5) is 0. The van der Waals surface area contributed by atoms with Gasteiger partial charge < -0.3 is 25.0 Å². The quantitative estimate of drug-likeness (QED) is 0.0434. The van der Waals surface area contributed by atoms with Gasteiger partial charge in [-0.1, -0.05) is 152 Å². The molecule has 1 spiro atoms. The van der Waals surface area contributed by atoms with Crippen LogP contribution < -0.4 is 5.32 Å². The van der Waals surface area contributed by atoms with Crippen LogP contribution in [0.2, 0.25) is 0 Å². The fraction of sp³-hybridized carbons (Fsp3) is 0.849. The van der Waals surface area contributed by atoms with Crippen LogP contribution in [0.25, 0.3) is 0 Å². The minimum absolute atomic E-state index is 0.148. The first kappa shape index (κ1) is 51.1. The highest BCUT2D eigenvalue weighted by atomic mass is 16.8. The van der Waals surface area contributed by atoms with Gasteiger partial charge in [-0.3, -0.25) is 0 Å². The largest absolute Gasteiger partial charge is 0.396 e. The average Bonchev–Trinajstić information content (AvgIpc) is 3.59. The van der Waals surface area contributed by atoms with Crippen molar-refractivity contribution >= 4 is 0 Å². The van der Waals surface area contributed by atoms with E-state index in [0.29, 0.717) is 23.9 Å². The molecule has 0 aromatic heterocycles. The van der Waals surface area contributed by atoms with Gasteiger partial charge in [-0.05, 0) is 127 Å². The minimum atomic E-state index is -0.398. The van der Waals surface area contributed by atoms with Crippen LogP contribution in [0.15, 0.2) is 48.6 Å². The van der Waals surface area contributed by atoms with Crippen molar-refractivity contribution < 1.29 is 19.7 Å². The molecule has 0 radical (unpaired) electrons. The fourth-order valence-corrected chi connectivity index (χ4v) is 10.2. The SMILES string of the molecule is CCCCC/C=C\C/C=C\CCCCCCCCC1(CCCCCCCC/C=C\C/C=C\CCCCC)CCC2(CC1)O[C@H]1C[C@@H](NCCO)[C@@H](CCCO)C[C@H]1O2.